The Morgan fingerprint density at radius 2 is 0.962 bits per heavy atom. The summed E-state index contributed by atoms with van der Waals surface area (Å²) in [7, 11) is 0. The Balaban J connectivity index is 3.04. The third kappa shape index (κ3) is 21.5. The van der Waals surface area contributed by atoms with Gasteiger partial charge in [0.05, 0.1) is 0 Å². The van der Waals surface area contributed by atoms with Crippen molar-refractivity contribution in [3.63, 3.8) is 0 Å². The van der Waals surface area contributed by atoms with E-state index in [4.69, 9.17) is 10.5 Å². The SMILES string of the molecule is CCCCCCCCCCCCCCCCCCCCC(=O)OCCN. The molecule has 156 valence electrons. The van der Waals surface area contributed by atoms with Gasteiger partial charge >= 0.3 is 5.97 Å². The highest BCUT2D eigenvalue weighted by Gasteiger charge is 2.01. The fraction of sp³-hybridized carbons (Fsp3) is 0.957. The van der Waals surface area contributed by atoms with Crippen molar-refractivity contribution < 1.29 is 9.53 Å². The zero-order chi connectivity index (χ0) is 19.1. The Bertz CT molecular complexity index is 281. The van der Waals surface area contributed by atoms with Crippen molar-refractivity contribution in [3.8, 4) is 0 Å². The van der Waals surface area contributed by atoms with Crippen LogP contribution in [0.5, 0.6) is 0 Å². The number of ether oxygens (including phenoxy) is 1. The molecule has 0 atom stereocenters. The molecule has 0 aromatic rings. The van der Waals surface area contributed by atoms with Gasteiger partial charge in [-0.1, -0.05) is 116 Å². The molecule has 0 radical (unpaired) electrons. The Hall–Kier alpha value is -0.570. The quantitative estimate of drug-likeness (QED) is 0.176. The zero-order valence-corrected chi connectivity index (χ0v) is 17.7. The van der Waals surface area contributed by atoms with Crippen LogP contribution in [0.2, 0.25) is 0 Å². The van der Waals surface area contributed by atoms with Crippen LogP contribution in [0.3, 0.4) is 0 Å². The number of unbranched alkanes of at least 4 members (excludes halogenated alkanes) is 17. The first-order valence-corrected chi connectivity index (χ1v) is 11.7. The minimum absolute atomic E-state index is 0.0908. The molecule has 0 fully saturated rings. The second-order valence-electron chi connectivity index (χ2n) is 7.77. The maximum Gasteiger partial charge on any atom is 0.305 e. The normalized spacial score (nSPS) is 11.0. The molecule has 0 saturated heterocycles. The van der Waals surface area contributed by atoms with Crippen molar-refractivity contribution >= 4 is 5.97 Å². The predicted octanol–water partition coefficient (Wildman–Crippen LogP) is 6.92. The Labute approximate surface area is 163 Å². The van der Waals surface area contributed by atoms with Crippen molar-refractivity contribution in [2.45, 2.75) is 129 Å². The Morgan fingerprint density at radius 1 is 0.615 bits per heavy atom. The van der Waals surface area contributed by atoms with Gasteiger partial charge in [-0.15, -0.1) is 0 Å². The molecule has 0 aliphatic heterocycles. The van der Waals surface area contributed by atoms with E-state index in [1.54, 1.807) is 0 Å². The van der Waals surface area contributed by atoms with Crippen molar-refractivity contribution in [2.75, 3.05) is 13.2 Å². The van der Waals surface area contributed by atoms with E-state index in [1.807, 2.05) is 0 Å². The van der Waals surface area contributed by atoms with Crippen LogP contribution in [0.4, 0.5) is 0 Å². The summed E-state index contributed by atoms with van der Waals surface area (Å²) < 4.78 is 4.96. The standard InChI is InChI=1S/C23H47NO2/c1-2-3-4-5-6-7-8-9-10-11-12-13-14-15-16-17-18-19-20-23(25)26-22-21-24/h2-22,24H2,1H3. The average Bonchev–Trinajstić information content (AvgIpc) is 2.65. The maximum absolute atomic E-state index is 11.3. The molecule has 0 spiro atoms. The van der Waals surface area contributed by atoms with E-state index in [1.165, 1.54) is 103 Å². The van der Waals surface area contributed by atoms with Gasteiger partial charge in [0.25, 0.3) is 0 Å². The van der Waals surface area contributed by atoms with Crippen molar-refractivity contribution in [3.05, 3.63) is 0 Å². The molecule has 26 heavy (non-hydrogen) atoms. The summed E-state index contributed by atoms with van der Waals surface area (Å²) in [6.07, 6.45) is 25.1. The highest BCUT2D eigenvalue weighted by atomic mass is 16.5. The van der Waals surface area contributed by atoms with Gasteiger partial charge in [0.15, 0.2) is 0 Å². The van der Waals surface area contributed by atoms with E-state index in [-0.39, 0.29) is 5.97 Å². The number of hydrogen-bond donors (Lipinski definition) is 1. The molecule has 3 nitrogen and oxygen atoms in total. The van der Waals surface area contributed by atoms with Crippen LogP contribution >= 0.6 is 0 Å². The summed E-state index contributed by atoms with van der Waals surface area (Å²) >= 11 is 0. The van der Waals surface area contributed by atoms with Crippen LogP contribution < -0.4 is 5.73 Å². The maximum atomic E-state index is 11.3. The minimum atomic E-state index is -0.0908. The lowest BCUT2D eigenvalue weighted by atomic mass is 10.0. The first kappa shape index (κ1) is 25.4. The molecular formula is C23H47NO2. The van der Waals surface area contributed by atoms with Gasteiger partial charge in [-0.2, -0.15) is 0 Å². The second-order valence-corrected chi connectivity index (χ2v) is 7.77. The number of carbonyl (C=O) groups is 1. The Kier molecular flexibility index (Phi) is 22.0. The van der Waals surface area contributed by atoms with Crippen LogP contribution in [0.15, 0.2) is 0 Å². The van der Waals surface area contributed by atoms with Crippen LogP contribution in [0.25, 0.3) is 0 Å². The molecule has 0 saturated carbocycles. The minimum Gasteiger partial charge on any atom is -0.464 e. The number of hydrogen-bond acceptors (Lipinski definition) is 3. The third-order valence-corrected chi connectivity index (χ3v) is 5.12. The van der Waals surface area contributed by atoms with Crippen molar-refractivity contribution in [1.82, 2.24) is 0 Å². The zero-order valence-electron chi connectivity index (χ0n) is 17.7. The highest BCUT2D eigenvalue weighted by molar-refractivity contribution is 5.69. The molecule has 0 amide bonds. The van der Waals surface area contributed by atoms with Gasteiger partial charge in [-0.3, -0.25) is 4.79 Å². The lowest BCUT2D eigenvalue weighted by molar-refractivity contribution is -0.143. The summed E-state index contributed by atoms with van der Waals surface area (Å²) in [5, 5.41) is 0. The van der Waals surface area contributed by atoms with E-state index in [0.29, 0.717) is 19.6 Å². The van der Waals surface area contributed by atoms with Gasteiger partial charge in [0.1, 0.15) is 6.61 Å². The van der Waals surface area contributed by atoms with Crippen LogP contribution in [0.1, 0.15) is 129 Å². The summed E-state index contributed by atoms with van der Waals surface area (Å²) in [5.74, 6) is -0.0908. The van der Waals surface area contributed by atoms with Crippen LogP contribution in [-0.2, 0) is 9.53 Å². The van der Waals surface area contributed by atoms with Crippen LogP contribution in [0, 0.1) is 0 Å². The summed E-state index contributed by atoms with van der Waals surface area (Å²) in [6, 6.07) is 0. The van der Waals surface area contributed by atoms with Gasteiger partial charge in [-0.05, 0) is 6.42 Å². The monoisotopic (exact) mass is 369 g/mol. The molecule has 0 heterocycles. The van der Waals surface area contributed by atoms with E-state index >= 15 is 0 Å². The second kappa shape index (κ2) is 22.5. The van der Waals surface area contributed by atoms with Crippen molar-refractivity contribution in [2.24, 2.45) is 5.73 Å². The largest absolute Gasteiger partial charge is 0.464 e. The molecule has 3 heteroatoms. The summed E-state index contributed by atoms with van der Waals surface area (Å²) in [4.78, 5) is 11.3. The molecule has 0 aromatic heterocycles. The lowest BCUT2D eigenvalue weighted by Crippen LogP contribution is -2.13. The lowest BCUT2D eigenvalue weighted by Gasteiger charge is -2.04. The third-order valence-electron chi connectivity index (χ3n) is 5.12. The average molecular weight is 370 g/mol. The number of nitrogens with two attached hydrogens (primary N) is 1. The van der Waals surface area contributed by atoms with E-state index in [0.717, 1.165) is 12.8 Å². The molecule has 0 aromatic carbocycles. The van der Waals surface area contributed by atoms with E-state index in [2.05, 4.69) is 6.92 Å². The smallest absolute Gasteiger partial charge is 0.305 e. The van der Waals surface area contributed by atoms with Gasteiger partial charge < -0.3 is 10.5 Å². The molecule has 0 aliphatic carbocycles. The topological polar surface area (TPSA) is 52.3 Å². The Morgan fingerprint density at radius 3 is 1.31 bits per heavy atom. The molecule has 0 aliphatic rings. The molecule has 2 N–H and O–H groups in total. The number of rotatable bonds is 21. The van der Waals surface area contributed by atoms with Crippen molar-refractivity contribution in [1.29, 1.82) is 0 Å². The van der Waals surface area contributed by atoms with Gasteiger partial charge in [-0.25, -0.2) is 0 Å². The van der Waals surface area contributed by atoms with Crippen LogP contribution in [-0.4, -0.2) is 19.1 Å². The fourth-order valence-electron chi connectivity index (χ4n) is 3.42. The summed E-state index contributed by atoms with van der Waals surface area (Å²) in [5.41, 5.74) is 5.30. The molecule has 0 unspecified atom stereocenters. The van der Waals surface area contributed by atoms with Gasteiger partial charge in [0.2, 0.25) is 0 Å². The van der Waals surface area contributed by atoms with E-state index in [9.17, 15) is 4.79 Å². The molecular weight excluding hydrogens is 322 g/mol. The van der Waals surface area contributed by atoms with Gasteiger partial charge in [0, 0.05) is 13.0 Å². The molecule has 0 rings (SSSR count). The first-order valence-electron chi connectivity index (χ1n) is 11.7. The summed E-state index contributed by atoms with van der Waals surface area (Å²) in [6.45, 7) is 3.06. The first-order chi connectivity index (χ1) is 12.8. The number of carbonyl (C=O) groups excluding carboxylic acids is 1. The highest BCUT2D eigenvalue weighted by Crippen LogP contribution is 2.14. The number of esters is 1. The predicted molar refractivity (Wildman–Crippen MR) is 113 cm³/mol. The fourth-order valence-corrected chi connectivity index (χ4v) is 3.42. The molecule has 0 bridgehead atoms. The van der Waals surface area contributed by atoms with E-state index < -0.39 is 0 Å².